The van der Waals surface area contributed by atoms with Gasteiger partial charge in [0.15, 0.2) is 5.82 Å². The largest absolute Gasteiger partial charge is 0.339 e. The third kappa shape index (κ3) is 3.16. The Morgan fingerprint density at radius 1 is 1.25 bits per heavy atom. The van der Waals surface area contributed by atoms with E-state index in [4.69, 9.17) is 9.36 Å². The molecule has 2 heterocycles. The summed E-state index contributed by atoms with van der Waals surface area (Å²) in [6.45, 7) is 0. The Morgan fingerprint density at radius 2 is 1.92 bits per heavy atom. The number of carbonyl (C=O) groups excluding carboxylic acids is 3. The summed E-state index contributed by atoms with van der Waals surface area (Å²) >= 11 is 1.55. The Balaban J connectivity index is 1.57. The molecule has 8 nitrogen and oxygen atoms in total. The number of hydrogen-bond acceptors (Lipinski definition) is 8. The molecule has 0 fully saturated rings. The van der Waals surface area contributed by atoms with Crippen LogP contribution in [-0.4, -0.2) is 39.2 Å². The van der Waals surface area contributed by atoms with Gasteiger partial charge in [-0.1, -0.05) is 22.4 Å². The summed E-state index contributed by atoms with van der Waals surface area (Å²) in [5.74, 6) is -0.560. The topological polar surface area (TPSA) is 103 Å². The summed E-state index contributed by atoms with van der Waals surface area (Å²) < 4.78 is 5.00. The molecular formula is C15H13N3O5S. The Morgan fingerprint density at radius 3 is 2.54 bits per heavy atom. The third-order valence-corrected chi connectivity index (χ3v) is 3.82. The molecule has 1 aromatic carbocycles. The summed E-state index contributed by atoms with van der Waals surface area (Å²) in [4.78, 5) is 45.0. The van der Waals surface area contributed by atoms with E-state index in [9.17, 15) is 14.4 Å². The number of aromatic nitrogens is 2. The lowest BCUT2D eigenvalue weighted by atomic mass is 10.1. The molecule has 0 aliphatic carbocycles. The van der Waals surface area contributed by atoms with Crippen molar-refractivity contribution in [3.05, 3.63) is 47.1 Å². The second-order valence-corrected chi connectivity index (χ2v) is 5.82. The zero-order valence-electron chi connectivity index (χ0n) is 12.7. The van der Waals surface area contributed by atoms with Crippen LogP contribution in [0.15, 0.2) is 28.8 Å². The van der Waals surface area contributed by atoms with Gasteiger partial charge in [-0.2, -0.15) is 16.7 Å². The van der Waals surface area contributed by atoms with Gasteiger partial charge in [-0.25, -0.2) is 4.79 Å². The van der Waals surface area contributed by atoms with Gasteiger partial charge in [0.2, 0.25) is 5.89 Å². The number of carbonyl (C=O) groups is 3. The van der Waals surface area contributed by atoms with Crippen molar-refractivity contribution in [2.75, 3.05) is 6.26 Å². The molecule has 0 unspecified atom stereocenters. The molecule has 0 radical (unpaired) electrons. The summed E-state index contributed by atoms with van der Waals surface area (Å²) in [7, 11) is 0. The number of aryl methyl sites for hydroxylation is 1. The van der Waals surface area contributed by atoms with E-state index in [1.807, 2.05) is 6.26 Å². The number of hydroxylamine groups is 2. The lowest BCUT2D eigenvalue weighted by Crippen LogP contribution is -2.32. The minimum absolute atomic E-state index is 0.0890. The summed E-state index contributed by atoms with van der Waals surface area (Å²) in [5, 5.41) is 4.25. The maximum Gasteiger partial charge on any atom is 0.333 e. The van der Waals surface area contributed by atoms with Crippen LogP contribution < -0.4 is 0 Å². The highest BCUT2D eigenvalue weighted by molar-refractivity contribution is 7.97. The number of nitrogens with zero attached hydrogens (tertiary/aromatic N) is 3. The first-order chi connectivity index (χ1) is 11.6. The highest BCUT2D eigenvalue weighted by Gasteiger charge is 2.38. The van der Waals surface area contributed by atoms with Gasteiger partial charge in [-0.15, -0.1) is 0 Å². The van der Waals surface area contributed by atoms with Gasteiger partial charge in [0.05, 0.1) is 23.3 Å². The van der Waals surface area contributed by atoms with Crippen molar-refractivity contribution in [2.45, 2.75) is 18.6 Å². The highest BCUT2D eigenvalue weighted by Crippen LogP contribution is 2.22. The van der Waals surface area contributed by atoms with Crippen LogP contribution in [0.2, 0.25) is 0 Å². The van der Waals surface area contributed by atoms with Crippen molar-refractivity contribution in [1.29, 1.82) is 0 Å². The molecule has 0 N–H and O–H groups in total. The van der Waals surface area contributed by atoms with Crippen molar-refractivity contribution in [1.82, 2.24) is 15.2 Å². The maximum atomic E-state index is 12.1. The van der Waals surface area contributed by atoms with Crippen LogP contribution in [0.4, 0.5) is 0 Å². The molecule has 124 valence electrons. The maximum absolute atomic E-state index is 12.1. The van der Waals surface area contributed by atoms with Gasteiger partial charge in [0.25, 0.3) is 11.8 Å². The molecule has 1 aromatic heterocycles. The molecule has 2 amide bonds. The van der Waals surface area contributed by atoms with Gasteiger partial charge in [-0.3, -0.25) is 9.59 Å². The van der Waals surface area contributed by atoms with E-state index < -0.39 is 17.8 Å². The standard InChI is InChI=1S/C15H13N3O5S/c1-24-8-11-16-12(22-17-11)6-7-13(19)23-18-14(20)9-4-2-3-5-10(9)15(18)21/h2-5H,6-8H2,1H3. The average molecular weight is 347 g/mol. The Hall–Kier alpha value is -2.68. The van der Waals surface area contributed by atoms with E-state index in [0.29, 0.717) is 22.5 Å². The van der Waals surface area contributed by atoms with Crippen LogP contribution in [0.3, 0.4) is 0 Å². The van der Waals surface area contributed by atoms with Gasteiger partial charge in [-0.05, 0) is 18.4 Å². The number of hydrogen-bond donors (Lipinski definition) is 0. The SMILES string of the molecule is CSCc1noc(CCC(=O)ON2C(=O)c3ccccc3C2=O)n1. The van der Waals surface area contributed by atoms with E-state index in [1.54, 1.807) is 23.9 Å². The molecule has 0 atom stereocenters. The monoisotopic (exact) mass is 347 g/mol. The smallest absolute Gasteiger partial charge is 0.333 e. The molecular weight excluding hydrogens is 334 g/mol. The Bertz CT molecular complexity index is 769. The van der Waals surface area contributed by atoms with Gasteiger partial charge >= 0.3 is 5.97 Å². The molecule has 0 saturated carbocycles. The van der Waals surface area contributed by atoms with Crippen LogP contribution >= 0.6 is 11.8 Å². The van der Waals surface area contributed by atoms with Crippen molar-refractivity contribution in [3.63, 3.8) is 0 Å². The number of rotatable bonds is 6. The average Bonchev–Trinajstić information content (AvgIpc) is 3.13. The Kier molecular flexibility index (Phi) is 4.61. The van der Waals surface area contributed by atoms with Crippen LogP contribution in [0, 0.1) is 0 Å². The predicted octanol–water partition coefficient (Wildman–Crippen LogP) is 1.62. The third-order valence-electron chi connectivity index (χ3n) is 3.28. The number of imide groups is 1. The minimum Gasteiger partial charge on any atom is -0.339 e. The first kappa shape index (κ1) is 16.2. The van der Waals surface area contributed by atoms with E-state index in [-0.39, 0.29) is 24.0 Å². The van der Waals surface area contributed by atoms with Crippen LogP contribution in [-0.2, 0) is 21.8 Å². The van der Waals surface area contributed by atoms with Gasteiger partial charge < -0.3 is 9.36 Å². The summed E-state index contributed by atoms with van der Waals surface area (Å²) in [6.07, 6.45) is 1.99. The zero-order chi connectivity index (χ0) is 17.1. The zero-order valence-corrected chi connectivity index (χ0v) is 13.5. The number of fused-ring (bicyclic) bond motifs is 1. The number of benzene rings is 1. The Labute approximate surface area is 141 Å². The van der Waals surface area contributed by atoms with E-state index in [2.05, 4.69) is 10.1 Å². The van der Waals surface area contributed by atoms with Gasteiger partial charge in [0, 0.05) is 6.42 Å². The fourth-order valence-corrected chi connectivity index (χ4v) is 2.56. The summed E-state index contributed by atoms with van der Waals surface area (Å²) in [6, 6.07) is 6.29. The molecule has 0 saturated heterocycles. The second kappa shape index (κ2) is 6.83. The van der Waals surface area contributed by atoms with Gasteiger partial charge in [0.1, 0.15) is 0 Å². The minimum atomic E-state index is -0.728. The molecule has 2 aromatic rings. The first-order valence-electron chi connectivity index (χ1n) is 7.09. The van der Waals surface area contributed by atoms with Crippen LogP contribution in [0.25, 0.3) is 0 Å². The molecule has 1 aliphatic heterocycles. The summed E-state index contributed by atoms with van der Waals surface area (Å²) in [5.41, 5.74) is 0.433. The number of thioether (sulfide) groups is 1. The second-order valence-electron chi connectivity index (χ2n) is 4.95. The van der Waals surface area contributed by atoms with Crippen molar-refractivity contribution in [3.8, 4) is 0 Å². The lowest BCUT2D eigenvalue weighted by molar-refractivity contribution is -0.168. The number of amides is 2. The predicted molar refractivity (Wildman–Crippen MR) is 82.9 cm³/mol. The van der Waals surface area contributed by atoms with Crippen molar-refractivity contribution < 1.29 is 23.7 Å². The molecule has 3 rings (SSSR count). The molecule has 0 bridgehead atoms. The molecule has 24 heavy (non-hydrogen) atoms. The van der Waals surface area contributed by atoms with Crippen LogP contribution in [0.1, 0.15) is 38.9 Å². The van der Waals surface area contributed by atoms with E-state index in [1.165, 1.54) is 12.1 Å². The molecule has 0 spiro atoms. The highest BCUT2D eigenvalue weighted by atomic mass is 32.2. The van der Waals surface area contributed by atoms with E-state index in [0.717, 1.165) is 0 Å². The van der Waals surface area contributed by atoms with Crippen molar-refractivity contribution in [2.24, 2.45) is 0 Å². The van der Waals surface area contributed by atoms with Crippen molar-refractivity contribution >= 4 is 29.5 Å². The van der Waals surface area contributed by atoms with Crippen LogP contribution in [0.5, 0.6) is 0 Å². The normalized spacial score (nSPS) is 13.3. The molecule has 1 aliphatic rings. The first-order valence-corrected chi connectivity index (χ1v) is 8.48. The lowest BCUT2D eigenvalue weighted by Gasteiger charge is -2.12. The fourth-order valence-electron chi connectivity index (χ4n) is 2.19. The molecule has 9 heteroatoms. The quantitative estimate of drug-likeness (QED) is 0.726. The fraction of sp³-hybridized carbons (Fsp3) is 0.267. The van der Waals surface area contributed by atoms with E-state index >= 15 is 0 Å².